The van der Waals surface area contributed by atoms with Gasteiger partial charge >= 0.3 is 0 Å². The molecule has 0 heterocycles. The van der Waals surface area contributed by atoms with Crippen LogP contribution in [0.2, 0.25) is 0 Å². The smallest absolute Gasteiger partial charge is 0.0156 e. The Kier molecular flexibility index (Phi) is 5.87. The molecule has 1 aromatic rings. The number of hydrogen-bond donors (Lipinski definition) is 1. The maximum atomic E-state index is 3.71. The standard InChI is InChI=1S/C17H29N/c1-7-10-18-17(12(2)3)15(6)16-9-8-13(4)11-14(16)5/h8-9,11-12,15,17-18H,7,10H2,1-6H3. The number of aryl methyl sites for hydroxylation is 2. The summed E-state index contributed by atoms with van der Waals surface area (Å²) in [7, 11) is 0. The summed E-state index contributed by atoms with van der Waals surface area (Å²) in [6.45, 7) is 14.7. The Morgan fingerprint density at radius 1 is 1.11 bits per heavy atom. The molecule has 0 fully saturated rings. The Balaban J connectivity index is 2.90. The summed E-state index contributed by atoms with van der Waals surface area (Å²) in [5.74, 6) is 1.23. The zero-order valence-electron chi connectivity index (χ0n) is 12.9. The van der Waals surface area contributed by atoms with Crippen molar-refractivity contribution in [3.63, 3.8) is 0 Å². The van der Waals surface area contributed by atoms with Gasteiger partial charge in [0.1, 0.15) is 0 Å². The number of hydrogen-bond acceptors (Lipinski definition) is 1. The van der Waals surface area contributed by atoms with Crippen molar-refractivity contribution >= 4 is 0 Å². The molecule has 1 heteroatoms. The monoisotopic (exact) mass is 247 g/mol. The summed E-state index contributed by atoms with van der Waals surface area (Å²) in [5.41, 5.74) is 4.26. The van der Waals surface area contributed by atoms with E-state index in [1.807, 2.05) is 0 Å². The third-order valence-corrected chi connectivity index (χ3v) is 3.80. The molecule has 18 heavy (non-hydrogen) atoms. The largest absolute Gasteiger partial charge is 0.313 e. The van der Waals surface area contributed by atoms with Crippen molar-refractivity contribution in [2.45, 2.75) is 59.9 Å². The molecule has 0 spiro atoms. The number of rotatable bonds is 6. The highest BCUT2D eigenvalue weighted by Gasteiger charge is 2.22. The van der Waals surface area contributed by atoms with Gasteiger partial charge in [0.15, 0.2) is 0 Å². The molecule has 1 aromatic carbocycles. The second-order valence-electron chi connectivity index (χ2n) is 5.87. The zero-order chi connectivity index (χ0) is 13.7. The second kappa shape index (κ2) is 6.94. The third kappa shape index (κ3) is 3.84. The van der Waals surface area contributed by atoms with Crippen molar-refractivity contribution < 1.29 is 0 Å². The average molecular weight is 247 g/mol. The third-order valence-electron chi connectivity index (χ3n) is 3.80. The van der Waals surface area contributed by atoms with Crippen LogP contribution in [0.25, 0.3) is 0 Å². The normalized spacial score (nSPS) is 14.8. The molecule has 0 saturated heterocycles. The lowest BCUT2D eigenvalue weighted by Crippen LogP contribution is -2.38. The molecule has 0 radical (unpaired) electrons. The van der Waals surface area contributed by atoms with E-state index in [1.165, 1.54) is 23.1 Å². The van der Waals surface area contributed by atoms with Gasteiger partial charge in [-0.05, 0) is 49.8 Å². The Bertz CT molecular complexity index is 368. The SMILES string of the molecule is CCCNC(C(C)C)C(C)c1ccc(C)cc1C. The van der Waals surface area contributed by atoms with Crippen LogP contribution >= 0.6 is 0 Å². The Morgan fingerprint density at radius 3 is 2.28 bits per heavy atom. The van der Waals surface area contributed by atoms with Crippen LogP contribution in [-0.4, -0.2) is 12.6 Å². The molecule has 0 aliphatic rings. The molecule has 0 saturated carbocycles. The van der Waals surface area contributed by atoms with E-state index in [0.29, 0.717) is 17.9 Å². The summed E-state index contributed by atoms with van der Waals surface area (Å²) < 4.78 is 0. The van der Waals surface area contributed by atoms with Gasteiger partial charge in [-0.3, -0.25) is 0 Å². The van der Waals surface area contributed by atoms with Crippen LogP contribution in [-0.2, 0) is 0 Å². The molecule has 2 unspecified atom stereocenters. The van der Waals surface area contributed by atoms with E-state index < -0.39 is 0 Å². The van der Waals surface area contributed by atoms with Gasteiger partial charge in [0.2, 0.25) is 0 Å². The first-order valence-corrected chi connectivity index (χ1v) is 7.27. The first kappa shape index (κ1) is 15.2. The lowest BCUT2D eigenvalue weighted by molar-refractivity contribution is 0.353. The van der Waals surface area contributed by atoms with Crippen molar-refractivity contribution in [2.75, 3.05) is 6.54 Å². The van der Waals surface area contributed by atoms with Gasteiger partial charge < -0.3 is 5.32 Å². The lowest BCUT2D eigenvalue weighted by Gasteiger charge is -2.30. The molecule has 1 nitrogen and oxygen atoms in total. The molecular weight excluding hydrogens is 218 g/mol. The minimum absolute atomic E-state index is 0.561. The molecular formula is C17H29N. The van der Waals surface area contributed by atoms with E-state index in [1.54, 1.807) is 0 Å². The van der Waals surface area contributed by atoms with Crippen LogP contribution in [0.5, 0.6) is 0 Å². The predicted molar refractivity (Wildman–Crippen MR) is 81.3 cm³/mol. The Morgan fingerprint density at radius 2 is 1.78 bits per heavy atom. The summed E-state index contributed by atoms with van der Waals surface area (Å²) in [4.78, 5) is 0. The van der Waals surface area contributed by atoms with Gasteiger partial charge in [-0.2, -0.15) is 0 Å². The fourth-order valence-corrected chi connectivity index (χ4v) is 2.83. The quantitative estimate of drug-likeness (QED) is 0.784. The van der Waals surface area contributed by atoms with Gasteiger partial charge in [-0.25, -0.2) is 0 Å². The lowest BCUT2D eigenvalue weighted by atomic mass is 9.84. The molecule has 0 aromatic heterocycles. The maximum absolute atomic E-state index is 3.71. The fraction of sp³-hybridized carbons (Fsp3) is 0.647. The number of nitrogens with one attached hydrogen (secondary N) is 1. The van der Waals surface area contributed by atoms with E-state index in [4.69, 9.17) is 0 Å². The van der Waals surface area contributed by atoms with E-state index in [9.17, 15) is 0 Å². The molecule has 0 bridgehead atoms. The van der Waals surface area contributed by atoms with Crippen LogP contribution < -0.4 is 5.32 Å². The van der Waals surface area contributed by atoms with Crippen molar-refractivity contribution in [1.29, 1.82) is 0 Å². The van der Waals surface area contributed by atoms with Crippen LogP contribution in [0.1, 0.15) is 56.7 Å². The van der Waals surface area contributed by atoms with Crippen LogP contribution in [0.3, 0.4) is 0 Å². The first-order chi connectivity index (χ1) is 8.47. The Hall–Kier alpha value is -0.820. The van der Waals surface area contributed by atoms with Crippen molar-refractivity contribution in [3.05, 3.63) is 34.9 Å². The molecule has 0 amide bonds. The summed E-state index contributed by atoms with van der Waals surface area (Å²) in [6, 6.07) is 7.39. The second-order valence-corrected chi connectivity index (χ2v) is 5.87. The highest BCUT2D eigenvalue weighted by atomic mass is 14.9. The van der Waals surface area contributed by atoms with Crippen molar-refractivity contribution in [3.8, 4) is 0 Å². The van der Waals surface area contributed by atoms with E-state index in [0.717, 1.165) is 6.54 Å². The van der Waals surface area contributed by atoms with E-state index >= 15 is 0 Å². The minimum Gasteiger partial charge on any atom is -0.313 e. The van der Waals surface area contributed by atoms with E-state index in [-0.39, 0.29) is 0 Å². The molecule has 2 atom stereocenters. The highest BCUT2D eigenvalue weighted by molar-refractivity contribution is 5.33. The van der Waals surface area contributed by atoms with Gasteiger partial charge in [-0.1, -0.05) is 51.5 Å². The summed E-state index contributed by atoms with van der Waals surface area (Å²) in [5, 5.41) is 3.71. The molecule has 1 N–H and O–H groups in total. The molecule has 1 rings (SSSR count). The van der Waals surface area contributed by atoms with Gasteiger partial charge in [-0.15, -0.1) is 0 Å². The van der Waals surface area contributed by atoms with Crippen LogP contribution in [0.15, 0.2) is 18.2 Å². The Labute approximate surface area is 113 Å². The summed E-state index contributed by atoms with van der Waals surface area (Å²) >= 11 is 0. The van der Waals surface area contributed by atoms with Gasteiger partial charge in [0.25, 0.3) is 0 Å². The molecule has 0 aliphatic heterocycles. The van der Waals surface area contributed by atoms with Gasteiger partial charge in [0, 0.05) is 6.04 Å². The maximum Gasteiger partial charge on any atom is 0.0156 e. The highest BCUT2D eigenvalue weighted by Crippen LogP contribution is 2.27. The van der Waals surface area contributed by atoms with Crippen LogP contribution in [0, 0.1) is 19.8 Å². The number of benzene rings is 1. The first-order valence-electron chi connectivity index (χ1n) is 7.27. The zero-order valence-corrected chi connectivity index (χ0v) is 12.9. The minimum atomic E-state index is 0.561. The topological polar surface area (TPSA) is 12.0 Å². The predicted octanol–water partition coefficient (Wildman–Crippen LogP) is 4.43. The van der Waals surface area contributed by atoms with E-state index in [2.05, 4.69) is 65.1 Å². The van der Waals surface area contributed by atoms with Crippen molar-refractivity contribution in [1.82, 2.24) is 5.32 Å². The van der Waals surface area contributed by atoms with Crippen molar-refractivity contribution in [2.24, 2.45) is 5.92 Å². The van der Waals surface area contributed by atoms with Crippen LogP contribution in [0.4, 0.5) is 0 Å². The summed E-state index contributed by atoms with van der Waals surface area (Å²) in [6.07, 6.45) is 1.20. The fourth-order valence-electron chi connectivity index (χ4n) is 2.83. The molecule has 0 aliphatic carbocycles. The van der Waals surface area contributed by atoms with Gasteiger partial charge in [0.05, 0.1) is 0 Å². The molecule has 102 valence electrons. The average Bonchev–Trinajstić information content (AvgIpc) is 2.28.